The highest BCUT2D eigenvalue weighted by atomic mass is 32.2. The van der Waals surface area contributed by atoms with Gasteiger partial charge in [-0.25, -0.2) is 12.7 Å². The lowest BCUT2D eigenvalue weighted by Crippen LogP contribution is -2.47. The predicted molar refractivity (Wildman–Crippen MR) is 108 cm³/mol. The van der Waals surface area contributed by atoms with Gasteiger partial charge in [-0.1, -0.05) is 42.5 Å². The third-order valence-corrected chi connectivity index (χ3v) is 7.21. The first kappa shape index (κ1) is 19.6. The number of amides is 1. The summed E-state index contributed by atoms with van der Waals surface area (Å²) in [7, 11) is -1.55. The average Bonchev–Trinajstić information content (AvgIpc) is 2.73. The van der Waals surface area contributed by atoms with E-state index >= 15 is 0 Å². The van der Waals surface area contributed by atoms with Crippen molar-refractivity contribution >= 4 is 15.9 Å². The van der Waals surface area contributed by atoms with E-state index in [0.29, 0.717) is 31.5 Å². The molecule has 0 aromatic heterocycles. The molecule has 0 radical (unpaired) electrons. The molecular formula is C21H26N2O3S. The van der Waals surface area contributed by atoms with E-state index in [9.17, 15) is 13.2 Å². The number of carbonyl (C=O) groups is 1. The fraction of sp³-hybridized carbons (Fsp3) is 0.381. The smallest absolute Gasteiger partial charge is 0.253 e. The van der Waals surface area contributed by atoms with E-state index in [1.165, 1.54) is 4.31 Å². The molecule has 0 aliphatic carbocycles. The van der Waals surface area contributed by atoms with Gasteiger partial charge in [0.1, 0.15) is 0 Å². The summed E-state index contributed by atoms with van der Waals surface area (Å²) in [6.45, 7) is 2.81. The van der Waals surface area contributed by atoms with Crippen LogP contribution in [0.2, 0.25) is 0 Å². The van der Waals surface area contributed by atoms with Crippen molar-refractivity contribution in [2.75, 3.05) is 25.9 Å². The molecule has 0 spiro atoms. The highest BCUT2D eigenvalue weighted by Gasteiger charge is 2.30. The molecule has 1 aliphatic heterocycles. The molecule has 0 N–H and O–H groups in total. The fourth-order valence-electron chi connectivity index (χ4n) is 3.48. The molecule has 1 aliphatic rings. The van der Waals surface area contributed by atoms with Gasteiger partial charge in [-0.2, -0.15) is 0 Å². The van der Waals surface area contributed by atoms with Crippen LogP contribution in [0.4, 0.5) is 0 Å². The van der Waals surface area contributed by atoms with Gasteiger partial charge in [0.2, 0.25) is 10.0 Å². The number of hydrogen-bond donors (Lipinski definition) is 0. The standard InChI is InChI=1S/C21H26N2O3S/c1-3-27(25,26)22(2)20-13-15-23(16-14-20)21(24)19-11-9-18(10-12-19)17-7-5-4-6-8-17/h4-12,20H,3,13-16H2,1-2H3. The Morgan fingerprint density at radius 1 is 1.00 bits per heavy atom. The third-order valence-electron chi connectivity index (χ3n) is 5.31. The minimum absolute atomic E-state index is 0.00839. The normalized spacial score (nSPS) is 15.9. The highest BCUT2D eigenvalue weighted by Crippen LogP contribution is 2.22. The van der Waals surface area contributed by atoms with E-state index in [-0.39, 0.29) is 17.7 Å². The molecule has 0 unspecified atom stereocenters. The second-order valence-electron chi connectivity index (χ2n) is 6.88. The number of rotatable bonds is 5. The van der Waals surface area contributed by atoms with Crippen LogP contribution in [0.1, 0.15) is 30.1 Å². The maximum absolute atomic E-state index is 12.8. The number of piperidine rings is 1. The Morgan fingerprint density at radius 3 is 2.11 bits per heavy atom. The molecule has 2 aromatic carbocycles. The molecule has 6 heteroatoms. The van der Waals surface area contributed by atoms with Crippen molar-refractivity contribution in [1.82, 2.24) is 9.21 Å². The summed E-state index contributed by atoms with van der Waals surface area (Å²) in [5.41, 5.74) is 2.87. The summed E-state index contributed by atoms with van der Waals surface area (Å²) in [5.74, 6) is 0.116. The predicted octanol–water partition coefficient (Wildman–Crippen LogP) is 3.24. The zero-order chi connectivity index (χ0) is 19.4. The van der Waals surface area contributed by atoms with Crippen molar-refractivity contribution < 1.29 is 13.2 Å². The van der Waals surface area contributed by atoms with E-state index < -0.39 is 10.0 Å². The second kappa shape index (κ2) is 8.23. The Kier molecular flexibility index (Phi) is 5.97. The van der Waals surface area contributed by atoms with Crippen molar-refractivity contribution in [3.63, 3.8) is 0 Å². The van der Waals surface area contributed by atoms with Gasteiger partial charge in [-0.3, -0.25) is 4.79 Å². The molecule has 0 atom stereocenters. The topological polar surface area (TPSA) is 57.7 Å². The Bertz CT molecular complexity index is 871. The van der Waals surface area contributed by atoms with Gasteiger partial charge >= 0.3 is 0 Å². The van der Waals surface area contributed by atoms with Gasteiger partial charge in [0, 0.05) is 31.7 Å². The minimum Gasteiger partial charge on any atom is -0.339 e. The van der Waals surface area contributed by atoms with Crippen molar-refractivity contribution in [1.29, 1.82) is 0 Å². The molecule has 27 heavy (non-hydrogen) atoms. The maximum Gasteiger partial charge on any atom is 0.253 e. The number of nitrogens with zero attached hydrogens (tertiary/aromatic N) is 2. The van der Waals surface area contributed by atoms with Gasteiger partial charge in [0.05, 0.1) is 5.75 Å². The molecule has 1 saturated heterocycles. The van der Waals surface area contributed by atoms with Crippen LogP contribution >= 0.6 is 0 Å². The van der Waals surface area contributed by atoms with Crippen LogP contribution in [-0.2, 0) is 10.0 Å². The lowest BCUT2D eigenvalue weighted by Gasteiger charge is -2.36. The third kappa shape index (κ3) is 4.39. The van der Waals surface area contributed by atoms with Crippen LogP contribution in [0, 0.1) is 0 Å². The monoisotopic (exact) mass is 386 g/mol. The Hall–Kier alpha value is -2.18. The lowest BCUT2D eigenvalue weighted by atomic mass is 10.0. The van der Waals surface area contributed by atoms with Gasteiger partial charge in [-0.05, 0) is 43.0 Å². The van der Waals surface area contributed by atoms with Gasteiger partial charge in [-0.15, -0.1) is 0 Å². The summed E-state index contributed by atoms with van der Waals surface area (Å²) >= 11 is 0. The average molecular weight is 387 g/mol. The first-order valence-corrected chi connectivity index (χ1v) is 10.9. The summed E-state index contributed by atoms with van der Waals surface area (Å²) in [5, 5.41) is 0. The zero-order valence-corrected chi connectivity index (χ0v) is 16.7. The zero-order valence-electron chi connectivity index (χ0n) is 15.8. The van der Waals surface area contributed by atoms with Gasteiger partial charge in [0.25, 0.3) is 5.91 Å². The highest BCUT2D eigenvalue weighted by molar-refractivity contribution is 7.89. The molecule has 5 nitrogen and oxygen atoms in total. The van der Waals surface area contributed by atoms with Crippen molar-refractivity contribution in [3.8, 4) is 11.1 Å². The molecule has 1 heterocycles. The maximum atomic E-state index is 12.8. The molecular weight excluding hydrogens is 360 g/mol. The molecule has 0 bridgehead atoms. The number of sulfonamides is 1. The van der Waals surface area contributed by atoms with E-state index in [2.05, 4.69) is 0 Å². The largest absolute Gasteiger partial charge is 0.339 e. The second-order valence-corrected chi connectivity index (χ2v) is 9.20. The van der Waals surface area contributed by atoms with Crippen LogP contribution < -0.4 is 0 Å². The SMILES string of the molecule is CCS(=O)(=O)N(C)C1CCN(C(=O)c2ccc(-c3ccccc3)cc2)CC1. The molecule has 3 rings (SSSR count). The van der Waals surface area contributed by atoms with E-state index in [1.807, 2.05) is 59.5 Å². The summed E-state index contributed by atoms with van der Waals surface area (Å²) < 4.78 is 25.5. The van der Waals surface area contributed by atoms with Crippen LogP contribution in [-0.4, -0.2) is 55.5 Å². The lowest BCUT2D eigenvalue weighted by molar-refractivity contribution is 0.0686. The van der Waals surface area contributed by atoms with Crippen molar-refractivity contribution in [2.45, 2.75) is 25.8 Å². The molecule has 1 amide bonds. The first-order chi connectivity index (χ1) is 12.9. The van der Waals surface area contributed by atoms with Crippen LogP contribution in [0.5, 0.6) is 0 Å². The van der Waals surface area contributed by atoms with E-state index in [0.717, 1.165) is 11.1 Å². The quantitative estimate of drug-likeness (QED) is 0.793. The number of carbonyl (C=O) groups excluding carboxylic acids is 1. The van der Waals surface area contributed by atoms with Gasteiger partial charge < -0.3 is 4.90 Å². The Balaban J connectivity index is 1.63. The van der Waals surface area contributed by atoms with Crippen LogP contribution in [0.3, 0.4) is 0 Å². The van der Waals surface area contributed by atoms with E-state index in [4.69, 9.17) is 0 Å². The Morgan fingerprint density at radius 2 is 1.56 bits per heavy atom. The summed E-state index contributed by atoms with van der Waals surface area (Å²) in [4.78, 5) is 14.6. The summed E-state index contributed by atoms with van der Waals surface area (Å²) in [6, 6.07) is 17.7. The van der Waals surface area contributed by atoms with Crippen LogP contribution in [0.25, 0.3) is 11.1 Å². The van der Waals surface area contributed by atoms with Gasteiger partial charge in [0.15, 0.2) is 0 Å². The molecule has 0 saturated carbocycles. The van der Waals surface area contributed by atoms with Crippen molar-refractivity contribution in [3.05, 3.63) is 60.2 Å². The first-order valence-electron chi connectivity index (χ1n) is 9.33. The number of benzene rings is 2. The molecule has 1 fully saturated rings. The van der Waals surface area contributed by atoms with E-state index in [1.54, 1.807) is 14.0 Å². The minimum atomic E-state index is -3.19. The number of hydrogen-bond acceptors (Lipinski definition) is 3. The molecule has 2 aromatic rings. The Labute approximate surface area is 161 Å². The fourth-order valence-corrected chi connectivity index (χ4v) is 4.55. The summed E-state index contributed by atoms with van der Waals surface area (Å²) in [6.07, 6.45) is 1.34. The van der Waals surface area contributed by atoms with Crippen molar-refractivity contribution in [2.24, 2.45) is 0 Å². The number of likely N-dealkylation sites (tertiary alicyclic amines) is 1. The molecule has 144 valence electrons. The van der Waals surface area contributed by atoms with Crippen LogP contribution in [0.15, 0.2) is 54.6 Å².